The molecule has 17 heavy (non-hydrogen) atoms. The van der Waals surface area contributed by atoms with E-state index < -0.39 is 0 Å². The molecule has 0 saturated heterocycles. The molecule has 0 aliphatic heterocycles. The first-order valence-electron chi connectivity index (χ1n) is 5.67. The van der Waals surface area contributed by atoms with Crippen molar-refractivity contribution in [2.45, 2.75) is 20.4 Å². The average Bonchev–Trinajstić information content (AvgIpc) is 2.33. The van der Waals surface area contributed by atoms with Gasteiger partial charge in [0.25, 0.3) is 0 Å². The first-order valence-corrected chi connectivity index (χ1v) is 5.67. The van der Waals surface area contributed by atoms with Crippen molar-refractivity contribution < 1.29 is 0 Å². The molecule has 0 atom stereocenters. The fourth-order valence-corrected chi connectivity index (χ4v) is 1.65. The van der Waals surface area contributed by atoms with Crippen molar-refractivity contribution >= 4 is 11.4 Å². The van der Waals surface area contributed by atoms with Gasteiger partial charge in [-0.2, -0.15) is 0 Å². The van der Waals surface area contributed by atoms with Crippen LogP contribution in [0.1, 0.15) is 16.8 Å². The van der Waals surface area contributed by atoms with Gasteiger partial charge in [-0.1, -0.05) is 12.1 Å². The second kappa shape index (κ2) is 4.87. The lowest BCUT2D eigenvalue weighted by molar-refractivity contribution is 1.08. The Balaban J connectivity index is 2.07. The monoisotopic (exact) mass is 227 g/mol. The molecule has 1 heterocycles. The molecule has 0 fully saturated rings. The van der Waals surface area contributed by atoms with Gasteiger partial charge in [-0.15, -0.1) is 0 Å². The average molecular weight is 227 g/mol. The minimum absolute atomic E-state index is 0.761. The number of nitrogen functional groups attached to an aromatic ring is 1. The second-order valence-corrected chi connectivity index (χ2v) is 4.18. The minimum Gasteiger partial charge on any atom is -0.398 e. The molecular weight excluding hydrogens is 210 g/mol. The number of nitrogens with zero attached hydrogens (tertiary/aromatic N) is 1. The van der Waals surface area contributed by atoms with Crippen molar-refractivity contribution in [2.75, 3.05) is 11.1 Å². The summed E-state index contributed by atoms with van der Waals surface area (Å²) in [6.07, 6.45) is 1.89. The number of hydrogen-bond donors (Lipinski definition) is 2. The molecule has 0 aliphatic rings. The van der Waals surface area contributed by atoms with Crippen molar-refractivity contribution in [3.63, 3.8) is 0 Å². The van der Waals surface area contributed by atoms with E-state index in [1.165, 1.54) is 0 Å². The molecule has 0 radical (unpaired) electrons. The van der Waals surface area contributed by atoms with Gasteiger partial charge in [-0.25, -0.2) is 0 Å². The van der Waals surface area contributed by atoms with Gasteiger partial charge in [-0.05, 0) is 43.2 Å². The number of benzene rings is 1. The summed E-state index contributed by atoms with van der Waals surface area (Å²) >= 11 is 0. The molecule has 3 heteroatoms. The molecule has 0 aliphatic carbocycles. The summed E-state index contributed by atoms with van der Waals surface area (Å²) in [5.41, 5.74) is 11.0. The maximum Gasteiger partial charge on any atom is 0.0416 e. The van der Waals surface area contributed by atoms with E-state index in [-0.39, 0.29) is 0 Å². The molecular formula is C14H17N3. The van der Waals surface area contributed by atoms with Crippen LogP contribution in [0.3, 0.4) is 0 Å². The van der Waals surface area contributed by atoms with E-state index in [0.717, 1.165) is 34.7 Å². The summed E-state index contributed by atoms with van der Waals surface area (Å²) in [5.74, 6) is 0. The SMILES string of the molecule is Cc1ccc(CNc2cccc(N)c2C)cn1. The van der Waals surface area contributed by atoms with Gasteiger partial charge in [0.05, 0.1) is 0 Å². The number of aromatic nitrogens is 1. The van der Waals surface area contributed by atoms with Crippen LogP contribution in [-0.2, 0) is 6.54 Å². The lowest BCUT2D eigenvalue weighted by atomic mass is 10.1. The zero-order chi connectivity index (χ0) is 12.3. The summed E-state index contributed by atoms with van der Waals surface area (Å²) in [4.78, 5) is 4.27. The van der Waals surface area contributed by atoms with E-state index in [0.29, 0.717) is 0 Å². The second-order valence-electron chi connectivity index (χ2n) is 4.18. The third-order valence-electron chi connectivity index (χ3n) is 2.83. The van der Waals surface area contributed by atoms with Crippen molar-refractivity contribution in [1.82, 2.24) is 4.98 Å². The topological polar surface area (TPSA) is 50.9 Å². The van der Waals surface area contributed by atoms with E-state index in [1.54, 1.807) is 0 Å². The molecule has 1 aromatic carbocycles. The fourth-order valence-electron chi connectivity index (χ4n) is 1.65. The number of hydrogen-bond acceptors (Lipinski definition) is 3. The summed E-state index contributed by atoms with van der Waals surface area (Å²) in [5, 5.41) is 3.37. The third-order valence-corrected chi connectivity index (χ3v) is 2.83. The van der Waals surface area contributed by atoms with Crippen LogP contribution in [0.2, 0.25) is 0 Å². The first kappa shape index (κ1) is 11.5. The van der Waals surface area contributed by atoms with Gasteiger partial charge in [0.15, 0.2) is 0 Å². The highest BCUT2D eigenvalue weighted by atomic mass is 14.9. The number of nitrogens with one attached hydrogen (secondary N) is 1. The Morgan fingerprint density at radius 2 is 2.00 bits per heavy atom. The Hall–Kier alpha value is -2.03. The highest BCUT2D eigenvalue weighted by molar-refractivity contribution is 5.62. The molecule has 88 valence electrons. The fraction of sp³-hybridized carbons (Fsp3) is 0.214. The maximum atomic E-state index is 5.86. The van der Waals surface area contributed by atoms with Gasteiger partial charge in [0.2, 0.25) is 0 Å². The normalized spacial score (nSPS) is 10.2. The van der Waals surface area contributed by atoms with Crippen LogP contribution in [0.5, 0.6) is 0 Å². The van der Waals surface area contributed by atoms with Gasteiger partial charge >= 0.3 is 0 Å². The summed E-state index contributed by atoms with van der Waals surface area (Å²) in [7, 11) is 0. The highest BCUT2D eigenvalue weighted by Crippen LogP contribution is 2.20. The summed E-state index contributed by atoms with van der Waals surface area (Å²) in [6, 6.07) is 10.00. The molecule has 2 rings (SSSR count). The number of nitrogens with two attached hydrogens (primary N) is 1. The van der Waals surface area contributed by atoms with E-state index >= 15 is 0 Å². The highest BCUT2D eigenvalue weighted by Gasteiger charge is 2.00. The van der Waals surface area contributed by atoms with Gasteiger partial charge < -0.3 is 11.1 Å². The zero-order valence-corrected chi connectivity index (χ0v) is 10.2. The number of rotatable bonds is 3. The predicted octanol–water partition coefficient (Wildman–Crippen LogP) is 2.89. The van der Waals surface area contributed by atoms with Gasteiger partial charge in [0.1, 0.15) is 0 Å². The third kappa shape index (κ3) is 2.75. The largest absolute Gasteiger partial charge is 0.398 e. The zero-order valence-electron chi connectivity index (χ0n) is 10.2. The molecule has 0 amide bonds. The molecule has 0 unspecified atom stereocenters. The molecule has 3 nitrogen and oxygen atoms in total. The van der Waals surface area contributed by atoms with E-state index in [4.69, 9.17) is 5.73 Å². The first-order chi connectivity index (χ1) is 8.16. The van der Waals surface area contributed by atoms with E-state index in [2.05, 4.69) is 16.4 Å². The van der Waals surface area contributed by atoms with Crippen LogP contribution in [0.4, 0.5) is 11.4 Å². The molecule has 0 bridgehead atoms. The maximum absolute atomic E-state index is 5.86. The van der Waals surface area contributed by atoms with Crippen molar-refractivity contribution in [3.05, 3.63) is 53.3 Å². The molecule has 0 spiro atoms. The molecule has 0 saturated carbocycles. The Kier molecular flexibility index (Phi) is 3.28. The van der Waals surface area contributed by atoms with Crippen LogP contribution in [-0.4, -0.2) is 4.98 Å². The van der Waals surface area contributed by atoms with E-state index in [9.17, 15) is 0 Å². The molecule has 3 N–H and O–H groups in total. The lowest BCUT2D eigenvalue weighted by Crippen LogP contribution is -2.03. The molecule has 1 aromatic heterocycles. The quantitative estimate of drug-likeness (QED) is 0.793. The standard InChI is InChI=1S/C14H17N3/c1-10-6-7-12(8-16-10)9-17-14-5-3-4-13(15)11(14)2/h3-8,17H,9,15H2,1-2H3. The van der Waals surface area contributed by atoms with Crippen LogP contribution in [0.15, 0.2) is 36.5 Å². The van der Waals surface area contributed by atoms with Crippen LogP contribution < -0.4 is 11.1 Å². The molecule has 2 aromatic rings. The number of anilines is 2. The van der Waals surface area contributed by atoms with Crippen molar-refractivity contribution in [2.24, 2.45) is 0 Å². The lowest BCUT2D eigenvalue weighted by Gasteiger charge is -2.11. The van der Waals surface area contributed by atoms with E-state index in [1.807, 2.05) is 44.3 Å². The summed E-state index contributed by atoms with van der Waals surface area (Å²) < 4.78 is 0. The van der Waals surface area contributed by atoms with Gasteiger partial charge in [-0.3, -0.25) is 4.98 Å². The van der Waals surface area contributed by atoms with Crippen LogP contribution in [0.25, 0.3) is 0 Å². The van der Waals surface area contributed by atoms with Crippen LogP contribution in [0, 0.1) is 13.8 Å². The Morgan fingerprint density at radius 3 is 2.71 bits per heavy atom. The predicted molar refractivity (Wildman–Crippen MR) is 71.9 cm³/mol. The summed E-state index contributed by atoms with van der Waals surface area (Å²) in [6.45, 7) is 4.77. The Bertz CT molecular complexity index is 503. The minimum atomic E-state index is 0.761. The number of aryl methyl sites for hydroxylation is 1. The number of pyridine rings is 1. The van der Waals surface area contributed by atoms with Crippen molar-refractivity contribution in [3.8, 4) is 0 Å². The van der Waals surface area contributed by atoms with Crippen LogP contribution >= 0.6 is 0 Å². The Labute approximate surface area is 102 Å². The van der Waals surface area contributed by atoms with Gasteiger partial charge in [0, 0.05) is 29.8 Å². The smallest absolute Gasteiger partial charge is 0.0416 e. The Morgan fingerprint density at radius 1 is 1.18 bits per heavy atom. The van der Waals surface area contributed by atoms with Crippen molar-refractivity contribution in [1.29, 1.82) is 0 Å².